The first-order valence-electron chi connectivity index (χ1n) is 9.66. The van der Waals surface area contributed by atoms with Gasteiger partial charge in [0, 0.05) is 25.1 Å². The number of carbonyl (C=O) groups is 2. The normalized spacial score (nSPS) is 14.5. The molecular weight excluding hydrogens is 386 g/mol. The third-order valence-electron chi connectivity index (χ3n) is 5.23. The number of ether oxygens (including phenoxy) is 1. The van der Waals surface area contributed by atoms with Crippen LogP contribution in [0.5, 0.6) is 0 Å². The second-order valence-electron chi connectivity index (χ2n) is 7.06. The van der Waals surface area contributed by atoms with E-state index in [1.165, 1.54) is 7.11 Å². The molecule has 1 saturated heterocycles. The summed E-state index contributed by atoms with van der Waals surface area (Å²) in [5.74, 6) is -0.505. The fourth-order valence-electron chi connectivity index (χ4n) is 3.58. The van der Waals surface area contributed by atoms with E-state index < -0.39 is 5.97 Å². The van der Waals surface area contributed by atoms with Crippen molar-refractivity contribution < 1.29 is 19.2 Å². The number of esters is 1. The van der Waals surface area contributed by atoms with Gasteiger partial charge < -0.3 is 20.2 Å². The lowest BCUT2D eigenvalue weighted by atomic mass is 9.96. The number of rotatable bonds is 4. The number of nitrogens with zero attached hydrogens (tertiary/aromatic N) is 4. The van der Waals surface area contributed by atoms with Crippen molar-refractivity contribution in [1.82, 2.24) is 10.1 Å². The number of benzene rings is 2. The Labute approximate surface area is 172 Å². The van der Waals surface area contributed by atoms with Crippen LogP contribution < -0.4 is 15.1 Å². The summed E-state index contributed by atoms with van der Waals surface area (Å²) in [6.45, 7) is 1.10. The molecule has 2 heterocycles. The van der Waals surface area contributed by atoms with Crippen LogP contribution in [0.15, 0.2) is 48.5 Å². The van der Waals surface area contributed by atoms with Crippen LogP contribution in [0.2, 0.25) is 0 Å². The number of carbonyl (C=O) groups excluding carboxylic acids is 2. The van der Waals surface area contributed by atoms with Crippen LogP contribution in [0.4, 0.5) is 11.6 Å². The van der Waals surface area contributed by atoms with Gasteiger partial charge in [0.15, 0.2) is 0 Å². The number of fused-ring (bicyclic) bond motifs is 1. The molecule has 0 spiro atoms. The lowest BCUT2D eigenvalue weighted by Crippen LogP contribution is -2.42. The fraction of sp³-hybridized carbons (Fsp3) is 0.286. The van der Waals surface area contributed by atoms with E-state index in [1.807, 2.05) is 11.0 Å². The molecule has 3 aromatic rings. The largest absolute Gasteiger partial charge is 0.594 e. The first-order valence-corrected chi connectivity index (χ1v) is 9.66. The second kappa shape index (κ2) is 8.32. The number of piperidine rings is 1. The number of para-hydroxylation sites is 3. The Kier molecular flexibility index (Phi) is 5.42. The number of amides is 1. The van der Waals surface area contributed by atoms with Gasteiger partial charge in [-0.2, -0.15) is 0 Å². The van der Waals surface area contributed by atoms with Crippen molar-refractivity contribution in [2.24, 2.45) is 5.92 Å². The maximum atomic E-state index is 12.7. The van der Waals surface area contributed by atoms with E-state index in [4.69, 9.17) is 4.74 Å². The van der Waals surface area contributed by atoms with Crippen molar-refractivity contribution in [3.8, 4) is 0 Å². The highest BCUT2D eigenvalue weighted by Gasteiger charge is 2.28. The Morgan fingerprint density at radius 1 is 1.13 bits per heavy atom. The Balaban J connectivity index is 1.43. The summed E-state index contributed by atoms with van der Waals surface area (Å²) in [6.07, 6.45) is 1.17. The maximum absolute atomic E-state index is 12.7. The molecule has 1 aliphatic heterocycles. The number of anilines is 2. The summed E-state index contributed by atoms with van der Waals surface area (Å²) in [7, 11) is 1.30. The topological polar surface area (TPSA) is 111 Å². The van der Waals surface area contributed by atoms with Crippen LogP contribution in [-0.2, 0) is 9.53 Å². The zero-order valence-electron chi connectivity index (χ0n) is 16.4. The molecule has 0 unspecified atom stereocenters. The number of hydrogen-bond acceptors (Lipinski definition) is 7. The molecule has 0 saturated carbocycles. The van der Waals surface area contributed by atoms with Crippen LogP contribution in [0.25, 0.3) is 11.0 Å². The monoisotopic (exact) mass is 407 g/mol. The van der Waals surface area contributed by atoms with Gasteiger partial charge in [-0.1, -0.05) is 24.3 Å². The van der Waals surface area contributed by atoms with Crippen molar-refractivity contribution in [3.63, 3.8) is 0 Å². The molecule has 0 radical (unpaired) electrons. The van der Waals surface area contributed by atoms with Crippen LogP contribution >= 0.6 is 0 Å². The highest BCUT2D eigenvalue weighted by atomic mass is 16.5. The molecule has 1 N–H and O–H groups in total. The van der Waals surface area contributed by atoms with Crippen molar-refractivity contribution in [2.45, 2.75) is 12.8 Å². The van der Waals surface area contributed by atoms with Gasteiger partial charge in [-0.05, 0) is 35.9 Å². The molecule has 0 atom stereocenters. The minimum absolute atomic E-state index is 0.149. The SMILES string of the molecule is COC(=O)c1ccccc1NC(=O)C1CCN(c2nc3ccccc3[n+]([O-])n2)CC1. The summed E-state index contributed by atoms with van der Waals surface area (Å²) >= 11 is 0. The molecule has 0 bridgehead atoms. The van der Waals surface area contributed by atoms with E-state index in [9.17, 15) is 14.8 Å². The molecule has 0 aliphatic carbocycles. The minimum atomic E-state index is -0.500. The smallest absolute Gasteiger partial charge is 0.339 e. The standard InChI is InChI=1S/C21H21N5O4/c1-30-20(28)15-6-2-3-7-16(15)22-19(27)14-10-12-25(13-11-14)21-23-17-8-4-5-9-18(17)26(29)24-21/h2-9,14H,10-13H2,1H3,(H,22,27). The van der Waals surface area contributed by atoms with Crippen molar-refractivity contribution in [2.75, 3.05) is 30.4 Å². The maximum Gasteiger partial charge on any atom is 0.339 e. The minimum Gasteiger partial charge on any atom is -0.594 e. The van der Waals surface area contributed by atoms with Gasteiger partial charge in [0.1, 0.15) is 5.52 Å². The van der Waals surface area contributed by atoms with Gasteiger partial charge in [0.05, 0.1) is 23.5 Å². The first kappa shape index (κ1) is 19.6. The average molecular weight is 407 g/mol. The van der Waals surface area contributed by atoms with Gasteiger partial charge in [-0.25, -0.2) is 9.78 Å². The molecule has 9 nitrogen and oxygen atoms in total. The van der Waals surface area contributed by atoms with Gasteiger partial charge in [-0.15, -0.1) is 0 Å². The van der Waals surface area contributed by atoms with Gasteiger partial charge >= 0.3 is 5.97 Å². The van der Waals surface area contributed by atoms with E-state index in [0.29, 0.717) is 59.0 Å². The molecule has 30 heavy (non-hydrogen) atoms. The predicted octanol–water partition coefficient (Wildman–Crippen LogP) is 1.90. The third kappa shape index (κ3) is 3.86. The average Bonchev–Trinajstić information content (AvgIpc) is 2.79. The number of methoxy groups -OCH3 is 1. The van der Waals surface area contributed by atoms with Crippen LogP contribution in [-0.4, -0.2) is 42.2 Å². The molecule has 9 heteroatoms. The van der Waals surface area contributed by atoms with Gasteiger partial charge in [0.25, 0.3) is 11.5 Å². The highest BCUT2D eigenvalue weighted by Crippen LogP contribution is 2.24. The Morgan fingerprint density at radius 2 is 1.83 bits per heavy atom. The molecule has 4 rings (SSSR count). The van der Waals surface area contributed by atoms with Crippen LogP contribution in [0.1, 0.15) is 23.2 Å². The first-order chi connectivity index (χ1) is 14.6. The fourth-order valence-corrected chi connectivity index (χ4v) is 3.58. The van der Waals surface area contributed by atoms with Crippen LogP contribution in [0, 0.1) is 11.1 Å². The molecule has 1 amide bonds. The summed E-state index contributed by atoms with van der Waals surface area (Å²) in [6, 6.07) is 13.8. The van der Waals surface area contributed by atoms with Gasteiger partial charge in [0.2, 0.25) is 5.91 Å². The van der Waals surface area contributed by atoms with E-state index in [-0.39, 0.29) is 11.8 Å². The van der Waals surface area contributed by atoms with Crippen molar-refractivity contribution in [3.05, 3.63) is 59.3 Å². The molecule has 2 aromatic carbocycles. The number of aromatic nitrogens is 3. The lowest BCUT2D eigenvalue weighted by molar-refractivity contribution is -0.641. The molecule has 1 aromatic heterocycles. The molecule has 154 valence electrons. The highest BCUT2D eigenvalue weighted by molar-refractivity contribution is 6.01. The second-order valence-corrected chi connectivity index (χ2v) is 7.06. The predicted molar refractivity (Wildman–Crippen MR) is 110 cm³/mol. The zero-order chi connectivity index (χ0) is 21.1. The summed E-state index contributed by atoms with van der Waals surface area (Å²) < 4.78 is 4.77. The Morgan fingerprint density at radius 3 is 2.60 bits per heavy atom. The van der Waals surface area contributed by atoms with Gasteiger partial charge in [-0.3, -0.25) is 4.79 Å². The summed E-state index contributed by atoms with van der Waals surface area (Å²) in [5.41, 5.74) is 1.74. The number of nitrogens with one attached hydrogen (secondary N) is 1. The van der Waals surface area contributed by atoms with Crippen LogP contribution in [0.3, 0.4) is 0 Å². The Bertz CT molecular complexity index is 1100. The van der Waals surface area contributed by atoms with E-state index >= 15 is 0 Å². The molecule has 1 fully saturated rings. The lowest BCUT2D eigenvalue weighted by Gasteiger charge is -2.30. The van der Waals surface area contributed by atoms with E-state index in [1.54, 1.807) is 42.5 Å². The third-order valence-corrected chi connectivity index (χ3v) is 5.23. The quantitative estimate of drug-likeness (QED) is 0.399. The van der Waals surface area contributed by atoms with Crippen molar-refractivity contribution in [1.29, 1.82) is 0 Å². The zero-order valence-corrected chi connectivity index (χ0v) is 16.4. The summed E-state index contributed by atoms with van der Waals surface area (Å²) in [5, 5.41) is 19.0. The number of hydrogen-bond donors (Lipinski definition) is 1. The molecule has 1 aliphatic rings. The molecular formula is C21H21N5O4. The van der Waals surface area contributed by atoms with Crippen molar-refractivity contribution >= 4 is 34.5 Å². The van der Waals surface area contributed by atoms with E-state index in [0.717, 1.165) is 0 Å². The summed E-state index contributed by atoms with van der Waals surface area (Å²) in [4.78, 5) is 31.6. The van der Waals surface area contributed by atoms with E-state index in [2.05, 4.69) is 15.4 Å². The Hall–Kier alpha value is -3.75.